The van der Waals surface area contributed by atoms with Crippen molar-refractivity contribution in [3.8, 4) is 17.2 Å². The number of nitrogens with zero attached hydrogens (tertiary/aromatic N) is 7. The topological polar surface area (TPSA) is 114 Å². The quantitative estimate of drug-likeness (QED) is 0.153. The van der Waals surface area contributed by atoms with E-state index in [2.05, 4.69) is 59.5 Å². The van der Waals surface area contributed by atoms with Gasteiger partial charge in [-0.25, -0.2) is 13.9 Å². The van der Waals surface area contributed by atoms with E-state index in [1.54, 1.807) is 16.8 Å². The van der Waals surface area contributed by atoms with Crippen LogP contribution in [0, 0.1) is 5.82 Å². The maximum absolute atomic E-state index is 14.7. The van der Waals surface area contributed by atoms with Gasteiger partial charge in [-0.05, 0) is 88.5 Å². The predicted octanol–water partition coefficient (Wildman–Crippen LogP) is 7.45. The molecule has 2 aromatic carbocycles. The second-order valence-corrected chi connectivity index (χ2v) is 15.4. The first-order valence-electron chi connectivity index (χ1n) is 18.6. The number of piperidine rings is 1. The number of amides is 2. The molecule has 2 N–H and O–H groups in total. The summed E-state index contributed by atoms with van der Waals surface area (Å²) in [5, 5.41) is 20.0. The molecule has 3 atom stereocenters. The van der Waals surface area contributed by atoms with Crippen LogP contribution < -0.4 is 25.0 Å². The minimum absolute atomic E-state index is 0.127. The largest absolute Gasteiger partial charge is 0.489 e. The van der Waals surface area contributed by atoms with Crippen LogP contribution in [0.2, 0.25) is 0 Å². The molecule has 1 aliphatic carbocycles. The van der Waals surface area contributed by atoms with E-state index in [1.807, 2.05) is 66.0 Å². The number of carbonyl (C=O) groups is 1. The Morgan fingerprint density at radius 1 is 1.00 bits per heavy atom. The summed E-state index contributed by atoms with van der Waals surface area (Å²) >= 11 is 0. The lowest BCUT2D eigenvalue weighted by Crippen LogP contribution is -2.38. The molecular weight excluding hydrogens is 673 g/mol. The first kappa shape index (κ1) is 36.2. The Hall–Kier alpha value is -5.17. The van der Waals surface area contributed by atoms with Crippen molar-refractivity contribution < 1.29 is 18.7 Å². The van der Waals surface area contributed by atoms with Gasteiger partial charge in [0.05, 0.1) is 23.6 Å². The van der Waals surface area contributed by atoms with E-state index in [4.69, 9.17) is 14.6 Å². The molecule has 53 heavy (non-hydrogen) atoms. The van der Waals surface area contributed by atoms with Crippen LogP contribution in [0.1, 0.15) is 88.8 Å². The van der Waals surface area contributed by atoms with Gasteiger partial charge in [0.25, 0.3) is 0 Å². The molecule has 7 rings (SSSR count). The number of pyridine rings is 1. The summed E-state index contributed by atoms with van der Waals surface area (Å²) in [6, 6.07) is 18.3. The first-order chi connectivity index (χ1) is 25.4. The molecule has 1 fully saturated rings. The number of likely N-dealkylation sites (N-methyl/N-ethyl adjacent to an activating group) is 1. The first-order valence-corrected chi connectivity index (χ1v) is 18.6. The zero-order valence-corrected chi connectivity index (χ0v) is 31.5. The summed E-state index contributed by atoms with van der Waals surface area (Å²) in [4.78, 5) is 18.0. The number of aromatic nitrogens is 5. The summed E-state index contributed by atoms with van der Waals surface area (Å²) in [5.41, 5.74) is 3.88. The lowest BCUT2D eigenvalue weighted by atomic mass is 9.85. The summed E-state index contributed by atoms with van der Waals surface area (Å²) in [5.74, 6) is 1.72. The molecule has 1 aliphatic heterocycles. The Bertz CT molecular complexity index is 2070. The van der Waals surface area contributed by atoms with E-state index in [1.165, 1.54) is 12.5 Å². The van der Waals surface area contributed by atoms with Crippen molar-refractivity contribution in [3.05, 3.63) is 89.5 Å². The number of anilines is 2. The van der Waals surface area contributed by atoms with Crippen LogP contribution >= 0.6 is 0 Å². The molecule has 4 heterocycles. The minimum Gasteiger partial charge on any atom is -0.489 e. The molecule has 13 heteroatoms. The van der Waals surface area contributed by atoms with Gasteiger partial charge in [0.1, 0.15) is 24.3 Å². The Morgan fingerprint density at radius 3 is 2.58 bits per heavy atom. The molecule has 12 nitrogen and oxygen atoms in total. The number of halogens is 1. The smallest absolute Gasteiger partial charge is 0.320 e. The third-order valence-corrected chi connectivity index (χ3v) is 10.1. The van der Waals surface area contributed by atoms with Crippen LogP contribution in [0.3, 0.4) is 0 Å². The maximum atomic E-state index is 14.7. The van der Waals surface area contributed by atoms with Gasteiger partial charge in [0.15, 0.2) is 17.2 Å². The predicted molar refractivity (Wildman–Crippen MR) is 204 cm³/mol. The molecule has 2 amide bonds. The molecule has 2 aliphatic rings. The molecule has 1 unspecified atom stereocenters. The highest BCUT2D eigenvalue weighted by Crippen LogP contribution is 2.39. The highest BCUT2D eigenvalue weighted by molar-refractivity contribution is 5.89. The monoisotopic (exact) mass is 723 g/mol. The molecule has 0 radical (unpaired) electrons. The van der Waals surface area contributed by atoms with Crippen molar-refractivity contribution in [1.29, 1.82) is 0 Å². The average Bonchev–Trinajstić information content (AvgIpc) is 3.75. The summed E-state index contributed by atoms with van der Waals surface area (Å²) < 4.78 is 30.8. The second kappa shape index (κ2) is 15.1. The van der Waals surface area contributed by atoms with Gasteiger partial charge in [-0.3, -0.25) is 9.72 Å². The highest BCUT2D eigenvalue weighted by Gasteiger charge is 2.31. The van der Waals surface area contributed by atoms with Gasteiger partial charge in [-0.1, -0.05) is 45.0 Å². The molecular formula is C40H50FN9O3. The van der Waals surface area contributed by atoms with Crippen molar-refractivity contribution in [1.82, 2.24) is 34.6 Å². The van der Waals surface area contributed by atoms with Crippen molar-refractivity contribution in [2.45, 2.75) is 83.4 Å². The van der Waals surface area contributed by atoms with E-state index in [0.717, 1.165) is 53.6 Å². The fourth-order valence-corrected chi connectivity index (χ4v) is 7.12. The fraction of sp³-hybridized carbons (Fsp3) is 0.450. The molecule has 3 aromatic heterocycles. The molecule has 0 spiro atoms. The number of hydrogen-bond donors (Lipinski definition) is 2. The lowest BCUT2D eigenvalue weighted by Gasteiger charge is -2.33. The van der Waals surface area contributed by atoms with Crippen molar-refractivity contribution in [2.24, 2.45) is 0 Å². The van der Waals surface area contributed by atoms with Crippen LogP contribution in [0.15, 0.2) is 66.9 Å². The highest BCUT2D eigenvalue weighted by atomic mass is 19.1. The van der Waals surface area contributed by atoms with E-state index < -0.39 is 5.82 Å². The maximum Gasteiger partial charge on any atom is 0.320 e. The summed E-state index contributed by atoms with van der Waals surface area (Å²) in [6.07, 6.45) is 6.69. The second-order valence-electron chi connectivity index (χ2n) is 15.4. The summed E-state index contributed by atoms with van der Waals surface area (Å²) in [7, 11) is 3.86. The number of nitrogens with one attached hydrogen (secondary N) is 2. The Balaban J connectivity index is 1.08. The van der Waals surface area contributed by atoms with Crippen molar-refractivity contribution in [2.75, 3.05) is 44.0 Å². The molecule has 280 valence electrons. The summed E-state index contributed by atoms with van der Waals surface area (Å²) in [6.45, 7) is 10.3. The molecule has 0 saturated carbocycles. The van der Waals surface area contributed by atoms with E-state index in [9.17, 15) is 9.18 Å². The van der Waals surface area contributed by atoms with E-state index >= 15 is 0 Å². The SMILES string of the molecule is C[C@H]1CCCCN1c1nnc2ccc(OC3CC[C@H](NC(=O)Nc4cc(C(C)(C)C)nn4-c4ccc(F)c(OCCN(C)C)c4)c4ccccc43)cn12. The van der Waals surface area contributed by atoms with Crippen LogP contribution in [-0.4, -0.2) is 75.1 Å². The number of fused-ring (bicyclic) bond motifs is 2. The third-order valence-electron chi connectivity index (χ3n) is 10.1. The zero-order valence-electron chi connectivity index (χ0n) is 31.5. The zero-order chi connectivity index (χ0) is 37.3. The standard InChI is InChI=1S/C40H50FN9O3/c1-26-11-9-10-20-48(26)39-45-44-36-19-15-28(25-49(36)39)53-33-18-17-32(29-12-7-8-13-30(29)33)42-38(51)43-37-24-35(40(2,3)4)46-50(37)27-14-16-31(41)34(23-27)52-22-21-47(5)6/h7-8,12-16,19,23-26,32-33H,9-11,17-18,20-22H2,1-6H3,(H2,42,43,51)/t26-,32-,33?/m0/s1. The van der Waals surface area contributed by atoms with Gasteiger partial charge < -0.3 is 24.6 Å². The van der Waals surface area contributed by atoms with Gasteiger partial charge in [0, 0.05) is 36.7 Å². The van der Waals surface area contributed by atoms with Crippen LogP contribution in [-0.2, 0) is 5.41 Å². The normalized spacial score (nSPS) is 18.9. The average molecular weight is 724 g/mol. The Kier molecular flexibility index (Phi) is 10.3. The number of urea groups is 1. The molecule has 0 bridgehead atoms. The minimum atomic E-state index is -0.461. The van der Waals surface area contributed by atoms with E-state index in [-0.39, 0.29) is 29.3 Å². The Morgan fingerprint density at radius 2 is 1.81 bits per heavy atom. The van der Waals surface area contributed by atoms with Crippen LogP contribution in [0.25, 0.3) is 11.3 Å². The van der Waals surface area contributed by atoms with Gasteiger partial charge in [-0.15, -0.1) is 10.2 Å². The lowest BCUT2D eigenvalue weighted by molar-refractivity contribution is 0.171. The Labute approximate surface area is 310 Å². The van der Waals surface area contributed by atoms with Crippen molar-refractivity contribution >= 4 is 23.4 Å². The number of hydrogen-bond acceptors (Lipinski definition) is 8. The molecule has 5 aromatic rings. The van der Waals surface area contributed by atoms with Gasteiger partial charge in [0.2, 0.25) is 5.95 Å². The van der Waals surface area contributed by atoms with Gasteiger partial charge in [-0.2, -0.15) is 5.10 Å². The van der Waals surface area contributed by atoms with Gasteiger partial charge >= 0.3 is 6.03 Å². The van der Waals surface area contributed by atoms with E-state index in [0.29, 0.717) is 43.5 Å². The fourth-order valence-electron chi connectivity index (χ4n) is 7.12. The number of rotatable bonds is 10. The number of benzene rings is 2. The molecule has 1 saturated heterocycles. The van der Waals surface area contributed by atoms with Crippen LogP contribution in [0.4, 0.5) is 21.0 Å². The van der Waals surface area contributed by atoms with Crippen molar-refractivity contribution in [3.63, 3.8) is 0 Å². The third kappa shape index (κ3) is 7.95. The number of carbonyl (C=O) groups excluding carboxylic acids is 1. The van der Waals surface area contributed by atoms with Crippen LogP contribution in [0.5, 0.6) is 11.5 Å². The number of ether oxygens (including phenoxy) is 2.